The summed E-state index contributed by atoms with van der Waals surface area (Å²) in [6.45, 7) is 1.69. The lowest BCUT2D eigenvalue weighted by Gasteiger charge is -2.06. The maximum absolute atomic E-state index is 11.8. The van der Waals surface area contributed by atoms with E-state index in [9.17, 15) is 9.59 Å². The van der Waals surface area contributed by atoms with Crippen molar-refractivity contribution in [2.24, 2.45) is 0 Å². The molecule has 0 unspecified atom stereocenters. The Labute approximate surface area is 117 Å². The fraction of sp³-hybridized carbons (Fsp3) is 0.286. The Morgan fingerprint density at radius 3 is 2.53 bits per heavy atom. The van der Waals surface area contributed by atoms with Gasteiger partial charge in [-0.05, 0) is 24.6 Å². The van der Waals surface area contributed by atoms with Crippen LogP contribution in [0.2, 0.25) is 5.02 Å². The third kappa shape index (κ3) is 4.85. The average molecular weight is 283 g/mol. The minimum atomic E-state index is -0.676. The third-order valence-corrected chi connectivity index (χ3v) is 2.67. The van der Waals surface area contributed by atoms with E-state index in [0.29, 0.717) is 10.6 Å². The van der Waals surface area contributed by atoms with E-state index in [1.54, 1.807) is 24.3 Å². The zero-order chi connectivity index (χ0) is 14.3. The van der Waals surface area contributed by atoms with Gasteiger partial charge in [0.1, 0.15) is 12.2 Å². The largest absolute Gasteiger partial charge is 0.460 e. The van der Waals surface area contributed by atoms with Crippen LogP contribution >= 0.6 is 11.6 Å². The summed E-state index contributed by atoms with van der Waals surface area (Å²) in [5.41, 5.74) is 0.558. The molecule has 0 aliphatic rings. The third-order valence-electron chi connectivity index (χ3n) is 2.32. The summed E-state index contributed by atoms with van der Waals surface area (Å²) in [7, 11) is 1.50. The van der Waals surface area contributed by atoms with Crippen LogP contribution in [-0.4, -0.2) is 32.1 Å². The summed E-state index contributed by atoms with van der Waals surface area (Å²) < 4.78 is 9.69. The second-order valence-electron chi connectivity index (χ2n) is 3.76. The highest BCUT2D eigenvalue weighted by Gasteiger charge is 2.16. The van der Waals surface area contributed by atoms with Crippen molar-refractivity contribution in [2.75, 3.05) is 20.3 Å². The van der Waals surface area contributed by atoms with E-state index in [0.717, 1.165) is 0 Å². The molecule has 5 heteroatoms. The molecule has 0 aromatic heterocycles. The number of carbonyl (C=O) groups is 2. The number of esters is 1. The van der Waals surface area contributed by atoms with E-state index < -0.39 is 5.97 Å². The second kappa shape index (κ2) is 7.71. The van der Waals surface area contributed by atoms with Crippen LogP contribution in [-0.2, 0) is 19.1 Å². The molecule has 0 bridgehead atoms. The summed E-state index contributed by atoms with van der Waals surface area (Å²) in [5, 5.41) is 0.464. The molecule has 1 aromatic carbocycles. The van der Waals surface area contributed by atoms with Gasteiger partial charge < -0.3 is 9.47 Å². The number of Topliss-reactive ketones (excluding diaryl/α,β-unsaturated/α-hetero) is 1. The van der Waals surface area contributed by atoms with Gasteiger partial charge in [-0.3, -0.25) is 4.79 Å². The predicted octanol–water partition coefficient (Wildman–Crippen LogP) is 2.50. The van der Waals surface area contributed by atoms with Gasteiger partial charge in [0.05, 0.1) is 6.61 Å². The molecule has 0 heterocycles. The highest BCUT2D eigenvalue weighted by molar-refractivity contribution is 6.32. The number of benzene rings is 1. The summed E-state index contributed by atoms with van der Waals surface area (Å²) in [4.78, 5) is 23.3. The second-order valence-corrected chi connectivity index (χ2v) is 4.17. The van der Waals surface area contributed by atoms with E-state index in [-0.39, 0.29) is 24.6 Å². The first-order chi connectivity index (χ1) is 9.06. The lowest BCUT2D eigenvalue weighted by atomic mass is 10.1. The van der Waals surface area contributed by atoms with E-state index in [4.69, 9.17) is 21.1 Å². The fourth-order valence-electron chi connectivity index (χ4n) is 1.35. The molecule has 0 radical (unpaired) electrons. The summed E-state index contributed by atoms with van der Waals surface area (Å²) in [5.74, 6) is -1.05. The molecule has 0 amide bonds. The number of methoxy groups -OCH3 is 1. The zero-order valence-electron chi connectivity index (χ0n) is 10.8. The fourth-order valence-corrected chi connectivity index (χ4v) is 1.54. The molecule has 1 aromatic rings. The first-order valence-corrected chi connectivity index (χ1v) is 6.07. The van der Waals surface area contributed by atoms with Crippen molar-refractivity contribution in [1.29, 1.82) is 0 Å². The molecule has 0 saturated carbocycles. The number of halogens is 1. The Kier molecular flexibility index (Phi) is 6.25. The predicted molar refractivity (Wildman–Crippen MR) is 72.9 cm³/mol. The van der Waals surface area contributed by atoms with Gasteiger partial charge in [-0.2, -0.15) is 0 Å². The molecule has 102 valence electrons. The first-order valence-electron chi connectivity index (χ1n) is 5.69. The number of hydrogen-bond donors (Lipinski definition) is 0. The van der Waals surface area contributed by atoms with Gasteiger partial charge in [0.15, 0.2) is 5.78 Å². The first kappa shape index (κ1) is 15.4. The highest BCUT2D eigenvalue weighted by atomic mass is 35.5. The molecule has 0 atom stereocenters. The molecule has 0 N–H and O–H groups in total. The van der Waals surface area contributed by atoms with Crippen molar-refractivity contribution in [3.63, 3.8) is 0 Å². The van der Waals surface area contributed by atoms with Gasteiger partial charge in [-0.1, -0.05) is 29.8 Å². The van der Waals surface area contributed by atoms with Crippen LogP contribution in [0.15, 0.2) is 29.8 Å². The van der Waals surface area contributed by atoms with Crippen molar-refractivity contribution in [3.8, 4) is 0 Å². The van der Waals surface area contributed by atoms with E-state index >= 15 is 0 Å². The van der Waals surface area contributed by atoms with Crippen LogP contribution in [0.5, 0.6) is 0 Å². The molecule has 0 aliphatic carbocycles. The van der Waals surface area contributed by atoms with Crippen LogP contribution in [0.1, 0.15) is 12.5 Å². The molecule has 0 aliphatic heterocycles. The number of ether oxygens (including phenoxy) is 2. The van der Waals surface area contributed by atoms with Crippen LogP contribution in [0.4, 0.5) is 0 Å². The van der Waals surface area contributed by atoms with Crippen LogP contribution in [0.3, 0.4) is 0 Å². The minimum Gasteiger partial charge on any atom is -0.460 e. The Balaban J connectivity index is 2.92. The quantitative estimate of drug-likeness (QED) is 0.264. The Hall–Kier alpha value is -1.65. The molecule has 1 rings (SSSR count). The smallest absolute Gasteiger partial charge is 0.341 e. The van der Waals surface area contributed by atoms with Crippen LogP contribution in [0, 0.1) is 0 Å². The van der Waals surface area contributed by atoms with Gasteiger partial charge in [-0.15, -0.1) is 0 Å². The van der Waals surface area contributed by atoms with Crippen LogP contribution < -0.4 is 0 Å². The maximum Gasteiger partial charge on any atom is 0.341 e. The van der Waals surface area contributed by atoms with Gasteiger partial charge >= 0.3 is 5.97 Å². The highest BCUT2D eigenvalue weighted by Crippen LogP contribution is 2.19. The van der Waals surface area contributed by atoms with Gasteiger partial charge in [0, 0.05) is 12.1 Å². The molecule has 19 heavy (non-hydrogen) atoms. The molecular formula is C14H15ClO4. The SMILES string of the molecule is COCCOC(=O)C(=Cc1ccccc1Cl)C(C)=O. The van der Waals surface area contributed by atoms with Gasteiger partial charge in [0.25, 0.3) is 0 Å². The Morgan fingerprint density at radius 1 is 1.26 bits per heavy atom. The topological polar surface area (TPSA) is 52.6 Å². The van der Waals surface area contributed by atoms with Crippen molar-refractivity contribution < 1.29 is 19.1 Å². The number of rotatable bonds is 6. The van der Waals surface area contributed by atoms with Crippen molar-refractivity contribution in [3.05, 3.63) is 40.4 Å². The van der Waals surface area contributed by atoms with Gasteiger partial charge in [0.2, 0.25) is 0 Å². The summed E-state index contributed by atoms with van der Waals surface area (Å²) in [6.07, 6.45) is 1.43. The van der Waals surface area contributed by atoms with E-state index in [2.05, 4.69) is 0 Å². The summed E-state index contributed by atoms with van der Waals surface area (Å²) >= 11 is 5.98. The van der Waals surface area contributed by atoms with Crippen LogP contribution in [0.25, 0.3) is 6.08 Å². The number of carbonyl (C=O) groups excluding carboxylic acids is 2. The zero-order valence-corrected chi connectivity index (χ0v) is 11.6. The van der Waals surface area contributed by atoms with Gasteiger partial charge in [-0.25, -0.2) is 4.79 Å². The molecule has 0 fully saturated rings. The van der Waals surface area contributed by atoms with E-state index in [1.165, 1.54) is 20.1 Å². The monoisotopic (exact) mass is 282 g/mol. The molecular weight excluding hydrogens is 268 g/mol. The van der Waals surface area contributed by atoms with Crippen molar-refractivity contribution in [1.82, 2.24) is 0 Å². The van der Waals surface area contributed by atoms with Crippen molar-refractivity contribution in [2.45, 2.75) is 6.92 Å². The minimum absolute atomic E-state index is 0.0378. The normalized spacial score (nSPS) is 11.2. The summed E-state index contributed by atoms with van der Waals surface area (Å²) in [6, 6.07) is 6.94. The molecule has 0 saturated heterocycles. The molecule has 4 nitrogen and oxygen atoms in total. The number of ketones is 1. The standard InChI is InChI=1S/C14H15ClO4/c1-10(16)12(14(17)19-8-7-18-2)9-11-5-3-4-6-13(11)15/h3-6,9H,7-8H2,1-2H3. The maximum atomic E-state index is 11.8. The molecule has 0 spiro atoms. The number of hydrogen-bond acceptors (Lipinski definition) is 4. The lowest BCUT2D eigenvalue weighted by molar-refractivity contribution is -0.141. The lowest BCUT2D eigenvalue weighted by Crippen LogP contribution is -2.16. The average Bonchev–Trinajstić information content (AvgIpc) is 2.37. The van der Waals surface area contributed by atoms with E-state index in [1.807, 2.05) is 0 Å². The Morgan fingerprint density at radius 2 is 1.95 bits per heavy atom. The van der Waals surface area contributed by atoms with Crippen molar-refractivity contribution >= 4 is 29.4 Å². The Bertz CT molecular complexity index is 494.